The first kappa shape index (κ1) is 15.5. The number of esters is 1. The van der Waals surface area contributed by atoms with Gasteiger partial charge in [0.05, 0.1) is 23.2 Å². The summed E-state index contributed by atoms with van der Waals surface area (Å²) in [4.78, 5) is 22.4. The highest BCUT2D eigenvalue weighted by Crippen LogP contribution is 2.36. The highest BCUT2D eigenvalue weighted by molar-refractivity contribution is 7.17. The number of aryl methyl sites for hydroxylation is 1. The first-order valence-corrected chi connectivity index (χ1v) is 8.57. The zero-order valence-corrected chi connectivity index (χ0v) is 14.6. The van der Waals surface area contributed by atoms with Crippen LogP contribution in [0.5, 0.6) is 0 Å². The van der Waals surface area contributed by atoms with Crippen molar-refractivity contribution in [2.75, 3.05) is 7.11 Å². The Morgan fingerprint density at radius 2 is 1.88 bits per heavy atom. The molecule has 3 aromatic heterocycles. The molecule has 4 aromatic rings. The number of carbonyl (C=O) groups is 1. The van der Waals surface area contributed by atoms with Crippen LogP contribution in [0.4, 0.5) is 0 Å². The van der Waals surface area contributed by atoms with E-state index in [1.165, 1.54) is 18.4 Å². The predicted octanol–water partition coefficient (Wildman–Crippen LogP) is 4.24. The first-order chi connectivity index (χ1) is 12.2. The molecule has 0 amide bonds. The Morgan fingerprint density at radius 3 is 2.64 bits per heavy atom. The van der Waals surface area contributed by atoms with Crippen molar-refractivity contribution >= 4 is 28.2 Å². The van der Waals surface area contributed by atoms with E-state index in [2.05, 4.69) is 22.1 Å². The number of para-hydroxylation sites is 1. The van der Waals surface area contributed by atoms with E-state index >= 15 is 0 Å². The average Bonchev–Trinajstić information content (AvgIpc) is 3.22. The van der Waals surface area contributed by atoms with Crippen LogP contribution in [0.25, 0.3) is 27.4 Å². The molecule has 0 atom stereocenters. The Bertz CT molecular complexity index is 1070. The van der Waals surface area contributed by atoms with Gasteiger partial charge in [-0.2, -0.15) is 0 Å². The van der Waals surface area contributed by atoms with Crippen molar-refractivity contribution in [1.82, 2.24) is 14.5 Å². The summed E-state index contributed by atoms with van der Waals surface area (Å²) < 4.78 is 6.90. The summed E-state index contributed by atoms with van der Waals surface area (Å²) in [6.45, 7) is 1.91. The summed E-state index contributed by atoms with van der Waals surface area (Å²) in [7, 11) is 1.40. The first-order valence-electron chi connectivity index (χ1n) is 7.76. The Hall–Kier alpha value is -2.99. The van der Waals surface area contributed by atoms with Crippen LogP contribution in [0.2, 0.25) is 0 Å². The minimum atomic E-state index is -0.313. The lowest BCUT2D eigenvalue weighted by atomic mass is 10.2. The Balaban J connectivity index is 1.98. The predicted molar refractivity (Wildman–Crippen MR) is 98.3 cm³/mol. The molecule has 6 heteroatoms. The zero-order chi connectivity index (χ0) is 17.4. The van der Waals surface area contributed by atoms with Gasteiger partial charge in [0.15, 0.2) is 0 Å². The maximum Gasteiger partial charge on any atom is 0.348 e. The summed E-state index contributed by atoms with van der Waals surface area (Å²) in [5, 5.41) is 1.09. The average molecular weight is 349 g/mol. The van der Waals surface area contributed by atoms with Gasteiger partial charge in [-0.15, -0.1) is 11.3 Å². The third-order valence-electron chi connectivity index (χ3n) is 4.00. The van der Waals surface area contributed by atoms with Gasteiger partial charge in [-0.1, -0.05) is 18.2 Å². The van der Waals surface area contributed by atoms with Crippen molar-refractivity contribution in [3.63, 3.8) is 0 Å². The van der Waals surface area contributed by atoms with Crippen LogP contribution in [-0.2, 0) is 4.74 Å². The number of nitrogens with zero attached hydrogens (tertiary/aromatic N) is 3. The smallest absolute Gasteiger partial charge is 0.348 e. The molecule has 0 aliphatic heterocycles. The van der Waals surface area contributed by atoms with E-state index in [-0.39, 0.29) is 5.97 Å². The number of methoxy groups -OCH3 is 1. The van der Waals surface area contributed by atoms with Crippen molar-refractivity contribution < 1.29 is 9.53 Å². The second-order valence-corrected chi connectivity index (χ2v) is 6.64. The third kappa shape index (κ3) is 2.60. The fraction of sp³-hybridized carbons (Fsp3) is 0.105. The molecule has 0 spiro atoms. The monoisotopic (exact) mass is 349 g/mol. The van der Waals surface area contributed by atoms with Crippen molar-refractivity contribution in [3.05, 3.63) is 65.3 Å². The van der Waals surface area contributed by atoms with Gasteiger partial charge in [0.1, 0.15) is 4.88 Å². The molecular weight excluding hydrogens is 334 g/mol. The van der Waals surface area contributed by atoms with Gasteiger partial charge in [-0.3, -0.25) is 4.57 Å². The topological polar surface area (TPSA) is 57.0 Å². The van der Waals surface area contributed by atoms with Crippen LogP contribution < -0.4 is 0 Å². The Labute approximate surface area is 148 Å². The zero-order valence-electron chi connectivity index (χ0n) is 13.8. The van der Waals surface area contributed by atoms with Crippen LogP contribution >= 0.6 is 11.3 Å². The van der Waals surface area contributed by atoms with E-state index < -0.39 is 0 Å². The van der Waals surface area contributed by atoms with E-state index in [1.54, 1.807) is 18.5 Å². The van der Waals surface area contributed by atoms with E-state index in [9.17, 15) is 4.79 Å². The van der Waals surface area contributed by atoms with E-state index in [4.69, 9.17) is 4.74 Å². The molecule has 124 valence electrons. The molecule has 4 rings (SSSR count). The molecule has 0 saturated carbocycles. The van der Waals surface area contributed by atoms with E-state index in [0.29, 0.717) is 10.8 Å². The summed E-state index contributed by atoms with van der Waals surface area (Å²) in [6.07, 6.45) is 3.45. The molecule has 0 bridgehead atoms. The molecule has 0 aliphatic carbocycles. The number of hydrogen-bond acceptors (Lipinski definition) is 5. The molecule has 5 nitrogen and oxygen atoms in total. The van der Waals surface area contributed by atoms with Gasteiger partial charge in [-0.05, 0) is 36.8 Å². The van der Waals surface area contributed by atoms with Crippen molar-refractivity contribution in [2.24, 2.45) is 0 Å². The second kappa shape index (κ2) is 6.14. The molecule has 0 unspecified atom stereocenters. The van der Waals surface area contributed by atoms with Gasteiger partial charge in [-0.25, -0.2) is 14.8 Å². The number of fused-ring (bicyclic) bond motifs is 1. The number of carbonyl (C=O) groups excluding carboxylic acids is 1. The molecule has 25 heavy (non-hydrogen) atoms. The van der Waals surface area contributed by atoms with Gasteiger partial charge >= 0.3 is 5.97 Å². The number of ether oxygens (including phenoxy) is 1. The summed E-state index contributed by atoms with van der Waals surface area (Å²) >= 11 is 1.42. The molecule has 0 radical (unpaired) electrons. The number of hydrogen-bond donors (Lipinski definition) is 0. The summed E-state index contributed by atoms with van der Waals surface area (Å²) in [5.74, 6) is 0.289. The van der Waals surface area contributed by atoms with Gasteiger partial charge in [0.25, 0.3) is 0 Å². The lowest BCUT2D eigenvalue weighted by Gasteiger charge is -2.07. The molecule has 3 heterocycles. The normalized spacial score (nSPS) is 11.0. The lowest BCUT2D eigenvalue weighted by Crippen LogP contribution is -2.01. The van der Waals surface area contributed by atoms with Gasteiger partial charge < -0.3 is 4.74 Å². The molecule has 0 fully saturated rings. The molecule has 1 aromatic carbocycles. The molecule has 0 N–H and O–H groups in total. The molecule has 0 saturated heterocycles. The molecular formula is C19H15N3O2S. The van der Waals surface area contributed by atoms with Crippen LogP contribution in [0.3, 0.4) is 0 Å². The fourth-order valence-electron chi connectivity index (χ4n) is 2.86. The van der Waals surface area contributed by atoms with Crippen molar-refractivity contribution in [3.8, 4) is 16.5 Å². The fourth-order valence-corrected chi connectivity index (χ4v) is 3.96. The van der Waals surface area contributed by atoms with Crippen molar-refractivity contribution in [2.45, 2.75) is 6.92 Å². The SMILES string of the molecule is COC(=O)c1sc(-c2cc3ccccc3n2-c2ncccn2)cc1C. The highest BCUT2D eigenvalue weighted by Gasteiger charge is 2.19. The van der Waals surface area contributed by atoms with Crippen LogP contribution in [-0.4, -0.2) is 27.6 Å². The second-order valence-electron chi connectivity index (χ2n) is 5.59. The van der Waals surface area contributed by atoms with Gasteiger partial charge in [0, 0.05) is 17.8 Å². The third-order valence-corrected chi connectivity index (χ3v) is 5.24. The maximum absolute atomic E-state index is 12.0. The van der Waals surface area contributed by atoms with Crippen LogP contribution in [0.1, 0.15) is 15.2 Å². The van der Waals surface area contributed by atoms with E-state index in [0.717, 1.165) is 27.0 Å². The van der Waals surface area contributed by atoms with Crippen LogP contribution in [0.15, 0.2) is 54.9 Å². The molecule has 0 aliphatic rings. The van der Waals surface area contributed by atoms with E-state index in [1.807, 2.05) is 35.8 Å². The highest BCUT2D eigenvalue weighted by atomic mass is 32.1. The number of rotatable bonds is 3. The maximum atomic E-state index is 12.0. The van der Waals surface area contributed by atoms with Crippen LogP contribution in [0, 0.1) is 6.92 Å². The number of thiophene rings is 1. The Morgan fingerprint density at radius 1 is 1.12 bits per heavy atom. The summed E-state index contributed by atoms with van der Waals surface area (Å²) in [5.41, 5.74) is 2.88. The minimum Gasteiger partial charge on any atom is -0.465 e. The largest absolute Gasteiger partial charge is 0.465 e. The standard InChI is InChI=1S/C19H15N3O2S/c1-12-10-16(25-17(12)18(23)24-2)15-11-13-6-3-4-7-14(13)22(15)19-20-8-5-9-21-19/h3-11H,1-2H3. The number of benzene rings is 1. The van der Waals surface area contributed by atoms with Crippen molar-refractivity contribution in [1.29, 1.82) is 0 Å². The van der Waals surface area contributed by atoms with Gasteiger partial charge in [0.2, 0.25) is 5.95 Å². The Kier molecular flexibility index (Phi) is 3.82. The minimum absolute atomic E-state index is 0.313. The number of aromatic nitrogens is 3. The quantitative estimate of drug-likeness (QED) is 0.519. The summed E-state index contributed by atoms with van der Waals surface area (Å²) in [6, 6.07) is 14.0. The lowest BCUT2D eigenvalue weighted by molar-refractivity contribution is 0.0605.